The summed E-state index contributed by atoms with van der Waals surface area (Å²) in [5.41, 5.74) is 9.34. The Labute approximate surface area is 93.8 Å². The van der Waals surface area contributed by atoms with Crippen molar-refractivity contribution in [3.05, 3.63) is 46.0 Å². The van der Waals surface area contributed by atoms with Gasteiger partial charge in [-0.15, -0.1) is 11.3 Å². The lowest BCUT2D eigenvalue weighted by Gasteiger charge is -2.00. The first-order chi connectivity index (χ1) is 7.15. The van der Waals surface area contributed by atoms with Crippen LogP contribution in [0.3, 0.4) is 0 Å². The Morgan fingerprint density at radius 3 is 2.73 bits per heavy atom. The zero-order chi connectivity index (χ0) is 10.8. The number of hydrogen-bond acceptors (Lipinski definition) is 3. The Bertz CT molecular complexity index is 474. The number of nitrogens with two attached hydrogens (primary N) is 1. The van der Waals surface area contributed by atoms with Crippen molar-refractivity contribution >= 4 is 16.5 Å². The average Bonchev–Trinajstić information content (AvgIpc) is 2.45. The smallest absolute Gasteiger partial charge is 0.180 e. The van der Waals surface area contributed by atoms with Gasteiger partial charge in [-0.1, -0.05) is 29.8 Å². The molecule has 78 valence electrons. The number of nitrogen functional groups attached to an aromatic ring is 1. The fourth-order valence-corrected chi connectivity index (χ4v) is 2.49. The molecule has 0 saturated heterocycles. The third-order valence-electron chi connectivity index (χ3n) is 2.36. The Morgan fingerprint density at radius 2 is 2.13 bits per heavy atom. The molecule has 0 spiro atoms. The lowest BCUT2D eigenvalue weighted by Crippen LogP contribution is -1.88. The highest BCUT2D eigenvalue weighted by atomic mass is 32.1. The van der Waals surface area contributed by atoms with Crippen molar-refractivity contribution in [3.63, 3.8) is 0 Å². The number of nitrogens with zero attached hydrogens (tertiary/aromatic N) is 1. The van der Waals surface area contributed by atoms with E-state index in [1.54, 1.807) is 11.3 Å². The molecule has 0 aliphatic heterocycles. The minimum Gasteiger partial charge on any atom is -0.375 e. The number of aromatic nitrogens is 1. The molecule has 2 nitrogen and oxygen atoms in total. The minimum atomic E-state index is 0.662. The molecule has 15 heavy (non-hydrogen) atoms. The third kappa shape index (κ3) is 2.36. The molecule has 0 fully saturated rings. The molecule has 2 N–H and O–H groups in total. The van der Waals surface area contributed by atoms with Gasteiger partial charge in [0, 0.05) is 11.3 Å². The maximum Gasteiger partial charge on any atom is 0.180 e. The molecular weight excluding hydrogens is 204 g/mol. The van der Waals surface area contributed by atoms with Crippen molar-refractivity contribution in [1.29, 1.82) is 0 Å². The van der Waals surface area contributed by atoms with Gasteiger partial charge in [0.2, 0.25) is 0 Å². The Hall–Kier alpha value is -1.35. The molecule has 0 radical (unpaired) electrons. The fourth-order valence-electron chi connectivity index (χ4n) is 1.62. The van der Waals surface area contributed by atoms with E-state index >= 15 is 0 Å². The predicted molar refractivity (Wildman–Crippen MR) is 65.2 cm³/mol. The van der Waals surface area contributed by atoms with E-state index in [1.165, 1.54) is 16.0 Å². The zero-order valence-corrected chi connectivity index (χ0v) is 9.77. The van der Waals surface area contributed by atoms with E-state index in [0.29, 0.717) is 5.13 Å². The first-order valence-corrected chi connectivity index (χ1v) is 5.74. The molecule has 0 amide bonds. The van der Waals surface area contributed by atoms with Crippen LogP contribution >= 0.6 is 11.3 Å². The number of aryl methyl sites for hydroxylation is 2. The molecule has 3 heteroatoms. The Balaban J connectivity index is 2.25. The number of rotatable bonds is 2. The number of anilines is 1. The van der Waals surface area contributed by atoms with Crippen molar-refractivity contribution in [2.45, 2.75) is 20.3 Å². The molecule has 0 unspecified atom stereocenters. The van der Waals surface area contributed by atoms with Gasteiger partial charge < -0.3 is 5.73 Å². The van der Waals surface area contributed by atoms with E-state index in [4.69, 9.17) is 5.73 Å². The SMILES string of the molecule is Cc1cccc(Cc2sc(N)nc2C)c1. The van der Waals surface area contributed by atoms with Gasteiger partial charge in [0.05, 0.1) is 5.69 Å². The van der Waals surface area contributed by atoms with Gasteiger partial charge in [0.1, 0.15) is 0 Å². The highest BCUT2D eigenvalue weighted by molar-refractivity contribution is 7.15. The third-order valence-corrected chi connectivity index (χ3v) is 3.34. The maximum atomic E-state index is 5.67. The second kappa shape index (κ2) is 4.03. The molecule has 1 aromatic heterocycles. The van der Waals surface area contributed by atoms with Crippen LogP contribution in [0.25, 0.3) is 0 Å². The summed E-state index contributed by atoms with van der Waals surface area (Å²) in [5, 5.41) is 0.662. The van der Waals surface area contributed by atoms with Crippen LogP contribution in [0.2, 0.25) is 0 Å². The van der Waals surface area contributed by atoms with Crippen LogP contribution in [0, 0.1) is 13.8 Å². The zero-order valence-electron chi connectivity index (χ0n) is 8.95. The normalized spacial score (nSPS) is 10.5. The van der Waals surface area contributed by atoms with Crippen LogP contribution in [0.4, 0.5) is 5.13 Å². The first-order valence-electron chi connectivity index (χ1n) is 4.92. The van der Waals surface area contributed by atoms with E-state index in [9.17, 15) is 0 Å². The van der Waals surface area contributed by atoms with Gasteiger partial charge in [0.25, 0.3) is 0 Å². The minimum absolute atomic E-state index is 0.662. The van der Waals surface area contributed by atoms with E-state index in [-0.39, 0.29) is 0 Å². The summed E-state index contributed by atoms with van der Waals surface area (Å²) in [5.74, 6) is 0. The van der Waals surface area contributed by atoms with Crippen LogP contribution < -0.4 is 5.73 Å². The monoisotopic (exact) mass is 218 g/mol. The van der Waals surface area contributed by atoms with Gasteiger partial charge in [-0.25, -0.2) is 4.98 Å². The summed E-state index contributed by atoms with van der Waals surface area (Å²) in [6, 6.07) is 8.54. The summed E-state index contributed by atoms with van der Waals surface area (Å²) in [7, 11) is 0. The lowest BCUT2D eigenvalue weighted by molar-refractivity contribution is 1.15. The van der Waals surface area contributed by atoms with Gasteiger partial charge in [-0.3, -0.25) is 0 Å². The summed E-state index contributed by atoms with van der Waals surface area (Å²) in [4.78, 5) is 5.49. The summed E-state index contributed by atoms with van der Waals surface area (Å²) in [6.45, 7) is 4.12. The second-order valence-corrected chi connectivity index (χ2v) is 4.84. The van der Waals surface area contributed by atoms with E-state index < -0.39 is 0 Å². The number of thiazole rings is 1. The number of hydrogen-bond donors (Lipinski definition) is 1. The van der Waals surface area contributed by atoms with Gasteiger partial charge in [-0.2, -0.15) is 0 Å². The summed E-state index contributed by atoms with van der Waals surface area (Å²) >= 11 is 1.58. The highest BCUT2D eigenvalue weighted by Crippen LogP contribution is 2.23. The van der Waals surface area contributed by atoms with E-state index in [2.05, 4.69) is 36.2 Å². The lowest BCUT2D eigenvalue weighted by atomic mass is 10.1. The van der Waals surface area contributed by atoms with Crippen molar-refractivity contribution in [2.75, 3.05) is 5.73 Å². The molecule has 0 saturated carbocycles. The topological polar surface area (TPSA) is 38.9 Å². The molecular formula is C12H14N2S. The van der Waals surface area contributed by atoms with E-state index in [1.807, 2.05) is 6.92 Å². The van der Waals surface area contributed by atoms with Gasteiger partial charge >= 0.3 is 0 Å². The first kappa shape index (κ1) is 10.2. The predicted octanol–water partition coefficient (Wildman–Crippen LogP) is 2.93. The molecule has 2 aromatic rings. The Kier molecular flexibility index (Phi) is 2.73. The molecule has 1 heterocycles. The van der Waals surface area contributed by atoms with E-state index in [0.717, 1.165) is 12.1 Å². The van der Waals surface area contributed by atoms with Crippen molar-refractivity contribution < 1.29 is 0 Å². The van der Waals surface area contributed by atoms with Crippen molar-refractivity contribution in [3.8, 4) is 0 Å². The molecule has 2 rings (SSSR count). The highest BCUT2D eigenvalue weighted by Gasteiger charge is 2.05. The second-order valence-electron chi connectivity index (χ2n) is 3.73. The molecule has 0 aliphatic rings. The fraction of sp³-hybridized carbons (Fsp3) is 0.250. The van der Waals surface area contributed by atoms with Crippen LogP contribution in [0.15, 0.2) is 24.3 Å². The average molecular weight is 218 g/mol. The van der Waals surface area contributed by atoms with Crippen LogP contribution in [0.5, 0.6) is 0 Å². The summed E-state index contributed by atoms with van der Waals surface area (Å²) < 4.78 is 0. The van der Waals surface area contributed by atoms with Crippen LogP contribution in [-0.4, -0.2) is 4.98 Å². The van der Waals surface area contributed by atoms with Gasteiger partial charge in [0.15, 0.2) is 5.13 Å². The van der Waals surface area contributed by atoms with Gasteiger partial charge in [-0.05, 0) is 19.4 Å². The standard InChI is InChI=1S/C12H14N2S/c1-8-4-3-5-10(6-8)7-11-9(2)14-12(13)15-11/h3-6H,7H2,1-2H3,(H2,13,14). The van der Waals surface area contributed by atoms with Crippen LogP contribution in [-0.2, 0) is 6.42 Å². The molecule has 0 atom stereocenters. The quantitative estimate of drug-likeness (QED) is 0.841. The maximum absolute atomic E-state index is 5.67. The molecule has 0 aliphatic carbocycles. The molecule has 0 bridgehead atoms. The molecule has 1 aromatic carbocycles. The number of benzene rings is 1. The largest absolute Gasteiger partial charge is 0.375 e. The van der Waals surface area contributed by atoms with Crippen molar-refractivity contribution in [1.82, 2.24) is 4.98 Å². The summed E-state index contributed by atoms with van der Waals surface area (Å²) in [6.07, 6.45) is 0.933. The van der Waals surface area contributed by atoms with Crippen LogP contribution in [0.1, 0.15) is 21.7 Å². The Morgan fingerprint density at radius 1 is 1.33 bits per heavy atom. The van der Waals surface area contributed by atoms with Crippen molar-refractivity contribution in [2.24, 2.45) is 0 Å².